The first-order chi connectivity index (χ1) is 11.4. The summed E-state index contributed by atoms with van der Waals surface area (Å²) < 4.78 is 5.59. The maximum Gasteiger partial charge on any atom is 0.286 e. The number of hydrazine groups is 1. The van der Waals surface area contributed by atoms with E-state index < -0.39 is 11.8 Å². The van der Waals surface area contributed by atoms with Gasteiger partial charge >= 0.3 is 0 Å². The number of carbonyl (C=O) groups is 2. The summed E-state index contributed by atoms with van der Waals surface area (Å²) >= 11 is 5.72. The van der Waals surface area contributed by atoms with E-state index in [2.05, 4.69) is 29.7 Å². The van der Waals surface area contributed by atoms with Crippen LogP contribution in [0.4, 0.5) is 0 Å². The summed E-state index contributed by atoms with van der Waals surface area (Å²) in [6, 6.07) is 7.34. The van der Waals surface area contributed by atoms with E-state index in [1.807, 2.05) is 25.1 Å². The zero-order chi connectivity index (χ0) is 17.7. The molecule has 0 aliphatic carbocycles. The van der Waals surface area contributed by atoms with Crippen LogP contribution < -0.4 is 15.6 Å². The molecule has 1 aromatic carbocycles. The molecule has 0 saturated carbocycles. The average Bonchev–Trinajstić information content (AvgIpc) is 2.97. The number of halogens is 1. The molecule has 0 radical (unpaired) electrons. The predicted octanol–water partition coefficient (Wildman–Crippen LogP) is 2.94. The molecule has 0 aliphatic rings. The van der Waals surface area contributed by atoms with Crippen molar-refractivity contribution >= 4 is 23.4 Å². The number of benzene rings is 1. The quantitative estimate of drug-likeness (QED) is 0.726. The first-order valence-corrected chi connectivity index (χ1v) is 7.91. The van der Waals surface area contributed by atoms with Crippen LogP contribution >= 0.6 is 11.6 Å². The molecule has 3 N–H and O–H groups in total. The molecule has 0 saturated heterocycles. The van der Waals surface area contributed by atoms with Gasteiger partial charge in [-0.05, 0) is 36.1 Å². The Kier molecular flexibility index (Phi) is 5.87. The number of amides is 2. The number of H-pyrrole nitrogens is 1. The Morgan fingerprint density at radius 2 is 2.00 bits per heavy atom. The van der Waals surface area contributed by atoms with Crippen LogP contribution in [0.3, 0.4) is 0 Å². The fourth-order valence-corrected chi connectivity index (χ4v) is 2.28. The second-order valence-corrected chi connectivity index (χ2v) is 6.15. The van der Waals surface area contributed by atoms with Crippen molar-refractivity contribution in [1.82, 2.24) is 15.8 Å². The minimum Gasteiger partial charge on any atom is -0.483 e. The Labute approximate surface area is 145 Å². The summed E-state index contributed by atoms with van der Waals surface area (Å²) in [6.07, 6.45) is 1.48. The van der Waals surface area contributed by atoms with Gasteiger partial charge in [0.1, 0.15) is 11.4 Å². The van der Waals surface area contributed by atoms with Gasteiger partial charge in [-0.15, -0.1) is 0 Å². The van der Waals surface area contributed by atoms with E-state index in [0.717, 1.165) is 11.1 Å². The number of carbonyl (C=O) groups excluding carboxylic acids is 2. The van der Waals surface area contributed by atoms with E-state index in [0.29, 0.717) is 10.8 Å². The smallest absolute Gasteiger partial charge is 0.286 e. The summed E-state index contributed by atoms with van der Waals surface area (Å²) in [5, 5.41) is 0.412. The molecule has 1 aromatic heterocycles. The topological polar surface area (TPSA) is 83.2 Å². The summed E-state index contributed by atoms with van der Waals surface area (Å²) in [6.45, 7) is 5.87. The lowest BCUT2D eigenvalue weighted by atomic mass is 10.0. The second kappa shape index (κ2) is 7.88. The van der Waals surface area contributed by atoms with Crippen molar-refractivity contribution in [2.45, 2.75) is 26.7 Å². The zero-order valence-electron chi connectivity index (χ0n) is 13.8. The van der Waals surface area contributed by atoms with Crippen LogP contribution in [0.2, 0.25) is 5.02 Å². The molecule has 0 spiro atoms. The summed E-state index contributed by atoms with van der Waals surface area (Å²) in [5.41, 5.74) is 6.91. The van der Waals surface area contributed by atoms with E-state index >= 15 is 0 Å². The third-order valence-electron chi connectivity index (χ3n) is 3.36. The molecule has 6 nitrogen and oxygen atoms in total. The normalized spacial score (nSPS) is 10.5. The van der Waals surface area contributed by atoms with Crippen molar-refractivity contribution < 1.29 is 14.3 Å². The van der Waals surface area contributed by atoms with Crippen LogP contribution in [0.5, 0.6) is 5.75 Å². The fraction of sp³-hybridized carbons (Fsp3) is 0.294. The first-order valence-electron chi connectivity index (χ1n) is 7.53. The number of aryl methyl sites for hydroxylation is 1. The van der Waals surface area contributed by atoms with Crippen molar-refractivity contribution in [3.05, 3.63) is 52.3 Å². The van der Waals surface area contributed by atoms with Crippen molar-refractivity contribution in [3.63, 3.8) is 0 Å². The highest BCUT2D eigenvalue weighted by molar-refractivity contribution is 6.30. The Morgan fingerprint density at radius 3 is 2.62 bits per heavy atom. The van der Waals surface area contributed by atoms with Gasteiger partial charge in [0, 0.05) is 6.20 Å². The standard InChI is InChI=1S/C17H20ClN3O3/c1-10(2)13-5-4-11(3)6-15(13)24-9-16(22)20-21-17(23)14-7-12(18)8-19-14/h4-8,10,19H,9H2,1-3H3,(H,20,22)(H,21,23). The molecule has 128 valence electrons. The number of nitrogens with one attached hydrogen (secondary N) is 3. The largest absolute Gasteiger partial charge is 0.483 e. The lowest BCUT2D eigenvalue weighted by Crippen LogP contribution is -2.44. The van der Waals surface area contributed by atoms with Crippen LogP contribution in [0.1, 0.15) is 41.4 Å². The second-order valence-electron chi connectivity index (χ2n) is 5.72. The van der Waals surface area contributed by atoms with E-state index in [-0.39, 0.29) is 18.2 Å². The molecule has 0 atom stereocenters. The molecule has 1 heterocycles. The Bertz CT molecular complexity index is 740. The monoisotopic (exact) mass is 349 g/mol. The molecule has 7 heteroatoms. The zero-order valence-corrected chi connectivity index (χ0v) is 14.5. The van der Waals surface area contributed by atoms with Crippen molar-refractivity contribution in [3.8, 4) is 5.75 Å². The predicted molar refractivity (Wildman–Crippen MR) is 92.2 cm³/mol. The SMILES string of the molecule is Cc1ccc(C(C)C)c(OCC(=O)NNC(=O)c2cc(Cl)c[nH]2)c1. The van der Waals surface area contributed by atoms with Gasteiger partial charge in [0.05, 0.1) is 5.02 Å². The number of aromatic amines is 1. The number of aromatic nitrogens is 1. The lowest BCUT2D eigenvalue weighted by Gasteiger charge is -2.15. The molecule has 0 bridgehead atoms. The molecule has 2 rings (SSSR count). The van der Waals surface area contributed by atoms with Gasteiger partial charge in [0.25, 0.3) is 11.8 Å². The summed E-state index contributed by atoms with van der Waals surface area (Å²) in [7, 11) is 0. The van der Waals surface area contributed by atoms with Gasteiger partial charge in [-0.3, -0.25) is 20.4 Å². The first kappa shape index (κ1) is 17.9. The highest BCUT2D eigenvalue weighted by atomic mass is 35.5. The highest BCUT2D eigenvalue weighted by Gasteiger charge is 2.12. The van der Waals surface area contributed by atoms with Gasteiger partial charge in [-0.25, -0.2) is 0 Å². The van der Waals surface area contributed by atoms with Crippen LogP contribution in [0.15, 0.2) is 30.5 Å². The van der Waals surface area contributed by atoms with Gasteiger partial charge in [0.2, 0.25) is 0 Å². The Hall–Kier alpha value is -2.47. The molecule has 2 amide bonds. The van der Waals surface area contributed by atoms with Crippen molar-refractivity contribution in [2.24, 2.45) is 0 Å². The van der Waals surface area contributed by atoms with E-state index in [9.17, 15) is 9.59 Å². The maximum atomic E-state index is 11.8. The minimum atomic E-state index is -0.492. The highest BCUT2D eigenvalue weighted by Crippen LogP contribution is 2.27. The van der Waals surface area contributed by atoms with Gasteiger partial charge < -0.3 is 9.72 Å². The average molecular weight is 350 g/mol. The number of hydrogen-bond donors (Lipinski definition) is 3. The Morgan fingerprint density at radius 1 is 1.25 bits per heavy atom. The van der Waals surface area contributed by atoms with E-state index in [1.165, 1.54) is 12.3 Å². The number of hydrogen-bond acceptors (Lipinski definition) is 3. The van der Waals surface area contributed by atoms with Crippen molar-refractivity contribution in [2.75, 3.05) is 6.61 Å². The summed E-state index contributed by atoms with van der Waals surface area (Å²) in [4.78, 5) is 26.3. The molecule has 2 aromatic rings. The molecule has 0 aliphatic heterocycles. The van der Waals surface area contributed by atoms with Gasteiger partial charge in [-0.1, -0.05) is 37.6 Å². The van der Waals surface area contributed by atoms with Gasteiger partial charge in [-0.2, -0.15) is 0 Å². The van der Waals surface area contributed by atoms with Crippen LogP contribution in [-0.4, -0.2) is 23.4 Å². The van der Waals surface area contributed by atoms with E-state index in [1.54, 1.807) is 0 Å². The van der Waals surface area contributed by atoms with Crippen LogP contribution in [0.25, 0.3) is 0 Å². The van der Waals surface area contributed by atoms with Gasteiger partial charge in [0.15, 0.2) is 6.61 Å². The number of ether oxygens (including phenoxy) is 1. The molecular weight excluding hydrogens is 330 g/mol. The maximum absolute atomic E-state index is 11.8. The summed E-state index contributed by atoms with van der Waals surface area (Å²) in [5.74, 6) is -0.00509. The fourth-order valence-electron chi connectivity index (χ4n) is 2.12. The van der Waals surface area contributed by atoms with Crippen LogP contribution in [-0.2, 0) is 4.79 Å². The van der Waals surface area contributed by atoms with E-state index in [4.69, 9.17) is 16.3 Å². The molecule has 24 heavy (non-hydrogen) atoms. The Balaban J connectivity index is 1.87. The number of rotatable bonds is 5. The lowest BCUT2D eigenvalue weighted by molar-refractivity contribution is -0.123. The third kappa shape index (κ3) is 4.76. The molecular formula is C17H20ClN3O3. The molecule has 0 fully saturated rings. The van der Waals surface area contributed by atoms with Crippen molar-refractivity contribution in [1.29, 1.82) is 0 Å². The minimum absolute atomic E-state index is 0.199. The molecule has 0 unspecified atom stereocenters. The van der Waals surface area contributed by atoms with Crippen LogP contribution in [0, 0.1) is 6.92 Å². The third-order valence-corrected chi connectivity index (χ3v) is 3.58.